The first-order valence-electron chi connectivity index (χ1n) is 6.52. The van der Waals surface area contributed by atoms with Crippen LogP contribution < -0.4 is 9.64 Å². The second-order valence-corrected chi connectivity index (χ2v) is 5.56. The van der Waals surface area contributed by atoms with Gasteiger partial charge in [0, 0.05) is 17.6 Å². The van der Waals surface area contributed by atoms with Crippen molar-refractivity contribution >= 4 is 17.0 Å². The maximum Gasteiger partial charge on any atom is 0.573 e. The molecule has 2 heterocycles. The third-order valence-corrected chi connectivity index (χ3v) is 3.97. The van der Waals surface area contributed by atoms with Gasteiger partial charge >= 0.3 is 6.36 Å². The van der Waals surface area contributed by atoms with E-state index in [9.17, 15) is 13.2 Å². The van der Waals surface area contributed by atoms with E-state index >= 15 is 0 Å². The second-order valence-electron chi connectivity index (χ2n) is 4.84. The maximum atomic E-state index is 12.3. The van der Waals surface area contributed by atoms with Gasteiger partial charge in [0.1, 0.15) is 5.75 Å². The van der Waals surface area contributed by atoms with E-state index in [1.54, 1.807) is 11.6 Å². The third kappa shape index (κ3) is 3.47. The lowest BCUT2D eigenvalue weighted by atomic mass is 10.0. The molecule has 1 aliphatic heterocycles. The molecule has 0 amide bonds. The van der Waals surface area contributed by atoms with Crippen LogP contribution in [-0.2, 0) is 13.0 Å². The van der Waals surface area contributed by atoms with Crippen LogP contribution >= 0.6 is 11.3 Å². The summed E-state index contributed by atoms with van der Waals surface area (Å²) >= 11 is 1.54. The van der Waals surface area contributed by atoms with Gasteiger partial charge in [0.25, 0.3) is 0 Å². The number of nitrogens with zero attached hydrogens (tertiary/aromatic N) is 2. The number of aromatic nitrogens is 1. The van der Waals surface area contributed by atoms with E-state index in [1.807, 2.05) is 5.38 Å². The Morgan fingerprint density at radius 2 is 2.19 bits per heavy atom. The monoisotopic (exact) mass is 314 g/mol. The quantitative estimate of drug-likeness (QED) is 0.856. The zero-order valence-electron chi connectivity index (χ0n) is 11.1. The molecule has 21 heavy (non-hydrogen) atoms. The summed E-state index contributed by atoms with van der Waals surface area (Å²) in [6, 6.07) is 4.55. The smallest absolute Gasteiger partial charge is 0.406 e. The fraction of sp³-hybridized carbons (Fsp3) is 0.357. The highest BCUT2D eigenvalue weighted by Gasteiger charge is 2.31. The first kappa shape index (κ1) is 14.2. The third-order valence-electron chi connectivity index (χ3n) is 3.34. The normalized spacial score (nSPS) is 14.9. The molecule has 3 rings (SSSR count). The highest BCUT2D eigenvalue weighted by atomic mass is 32.1. The van der Waals surface area contributed by atoms with E-state index in [0.29, 0.717) is 6.54 Å². The summed E-state index contributed by atoms with van der Waals surface area (Å²) in [7, 11) is 0. The summed E-state index contributed by atoms with van der Waals surface area (Å²) in [5.74, 6) is -0.156. The fourth-order valence-electron chi connectivity index (χ4n) is 2.52. The predicted molar refractivity (Wildman–Crippen MR) is 74.6 cm³/mol. The van der Waals surface area contributed by atoms with Crippen LogP contribution in [0.3, 0.4) is 0 Å². The Morgan fingerprint density at radius 3 is 2.90 bits per heavy atom. The lowest BCUT2D eigenvalue weighted by Crippen LogP contribution is -2.29. The molecule has 7 heteroatoms. The highest BCUT2D eigenvalue weighted by molar-refractivity contribution is 7.07. The van der Waals surface area contributed by atoms with E-state index in [2.05, 4.69) is 14.6 Å². The van der Waals surface area contributed by atoms with E-state index in [4.69, 9.17) is 0 Å². The number of alkyl halides is 3. The molecule has 1 aromatic carbocycles. The van der Waals surface area contributed by atoms with Gasteiger partial charge in [0.05, 0.1) is 17.7 Å². The summed E-state index contributed by atoms with van der Waals surface area (Å²) in [4.78, 5) is 6.40. The molecule has 3 nitrogen and oxygen atoms in total. The van der Waals surface area contributed by atoms with Gasteiger partial charge in [-0.3, -0.25) is 0 Å². The molecule has 0 bridgehead atoms. The van der Waals surface area contributed by atoms with Crippen LogP contribution in [0.25, 0.3) is 0 Å². The minimum Gasteiger partial charge on any atom is -0.406 e. The SMILES string of the molecule is FC(F)(F)Oc1ccc2c(c1)CCCN2Cc1cscn1. The lowest BCUT2D eigenvalue weighted by molar-refractivity contribution is -0.274. The largest absolute Gasteiger partial charge is 0.573 e. The van der Waals surface area contributed by atoms with Gasteiger partial charge in [0.15, 0.2) is 0 Å². The first-order chi connectivity index (χ1) is 10.0. The standard InChI is InChI=1S/C14H13F3N2OS/c15-14(16,17)20-12-3-4-13-10(6-12)2-1-5-19(13)7-11-8-21-9-18-11/h3-4,6,8-9H,1-2,5,7H2. The van der Waals surface area contributed by atoms with Gasteiger partial charge in [-0.25, -0.2) is 4.98 Å². The minimum absolute atomic E-state index is 0.156. The predicted octanol–water partition coefficient (Wildman–Crippen LogP) is 3.99. The number of benzene rings is 1. The number of rotatable bonds is 3. The molecular formula is C14H13F3N2OS. The molecule has 2 aromatic rings. The zero-order chi connectivity index (χ0) is 14.9. The van der Waals surface area contributed by atoms with Gasteiger partial charge in [-0.1, -0.05) is 0 Å². The molecule has 1 aromatic heterocycles. The van der Waals surface area contributed by atoms with Crippen LogP contribution in [0.5, 0.6) is 5.75 Å². The van der Waals surface area contributed by atoms with Gasteiger partial charge in [-0.2, -0.15) is 0 Å². The van der Waals surface area contributed by atoms with Crippen molar-refractivity contribution in [2.24, 2.45) is 0 Å². The summed E-state index contributed by atoms with van der Waals surface area (Å²) in [5, 5.41) is 1.98. The van der Waals surface area contributed by atoms with Crippen molar-refractivity contribution in [3.8, 4) is 5.75 Å². The van der Waals surface area contributed by atoms with Crippen LogP contribution in [0.1, 0.15) is 17.7 Å². The number of aryl methyl sites for hydroxylation is 1. The maximum absolute atomic E-state index is 12.3. The molecule has 0 unspecified atom stereocenters. The lowest BCUT2D eigenvalue weighted by Gasteiger charge is -2.31. The molecule has 0 N–H and O–H groups in total. The summed E-state index contributed by atoms with van der Waals surface area (Å²) in [5.41, 5.74) is 4.60. The number of hydrogen-bond donors (Lipinski definition) is 0. The molecule has 0 aliphatic carbocycles. The van der Waals surface area contributed by atoms with Crippen molar-refractivity contribution in [3.63, 3.8) is 0 Å². The van der Waals surface area contributed by atoms with E-state index in [-0.39, 0.29) is 5.75 Å². The molecule has 1 aliphatic rings. The average Bonchev–Trinajstić information content (AvgIpc) is 2.90. The number of hydrogen-bond acceptors (Lipinski definition) is 4. The molecule has 112 valence electrons. The van der Waals surface area contributed by atoms with Crippen LogP contribution in [0, 0.1) is 0 Å². The molecule has 0 saturated carbocycles. The number of fused-ring (bicyclic) bond motifs is 1. The van der Waals surface area contributed by atoms with Gasteiger partial charge in [-0.05, 0) is 36.6 Å². The molecule has 0 fully saturated rings. The van der Waals surface area contributed by atoms with Crippen LogP contribution in [-0.4, -0.2) is 17.9 Å². The zero-order valence-corrected chi connectivity index (χ0v) is 11.9. The Balaban J connectivity index is 1.82. The summed E-state index contributed by atoms with van der Waals surface area (Å²) in [6.07, 6.45) is -2.98. The van der Waals surface area contributed by atoms with Crippen molar-refractivity contribution in [1.29, 1.82) is 0 Å². The topological polar surface area (TPSA) is 25.4 Å². The first-order valence-corrected chi connectivity index (χ1v) is 7.46. The van der Waals surface area contributed by atoms with Gasteiger partial charge in [-0.15, -0.1) is 24.5 Å². The number of ether oxygens (including phenoxy) is 1. The fourth-order valence-corrected chi connectivity index (χ4v) is 3.07. The molecule has 0 radical (unpaired) electrons. The Morgan fingerprint density at radius 1 is 1.33 bits per heavy atom. The molecular weight excluding hydrogens is 301 g/mol. The number of anilines is 1. The van der Waals surface area contributed by atoms with Crippen LogP contribution in [0.2, 0.25) is 0 Å². The molecule has 0 spiro atoms. The average molecular weight is 314 g/mol. The summed E-state index contributed by atoms with van der Waals surface area (Å²) in [6.45, 7) is 1.56. The van der Waals surface area contributed by atoms with Crippen molar-refractivity contribution in [3.05, 3.63) is 40.3 Å². The van der Waals surface area contributed by atoms with Crippen molar-refractivity contribution in [1.82, 2.24) is 4.98 Å². The van der Waals surface area contributed by atoms with Gasteiger partial charge < -0.3 is 9.64 Å². The number of thiazole rings is 1. The Labute approximate surface area is 124 Å². The molecule has 0 saturated heterocycles. The van der Waals surface area contributed by atoms with Crippen molar-refractivity contribution in [2.75, 3.05) is 11.4 Å². The number of halogens is 3. The van der Waals surface area contributed by atoms with E-state index < -0.39 is 6.36 Å². The Bertz CT molecular complexity index is 613. The minimum atomic E-state index is -4.65. The highest BCUT2D eigenvalue weighted by Crippen LogP contribution is 2.33. The van der Waals surface area contributed by atoms with Crippen LogP contribution in [0.15, 0.2) is 29.1 Å². The van der Waals surface area contributed by atoms with Crippen LogP contribution in [0.4, 0.5) is 18.9 Å². The van der Waals surface area contributed by atoms with Crippen molar-refractivity contribution < 1.29 is 17.9 Å². The Hall–Kier alpha value is -1.76. The van der Waals surface area contributed by atoms with Gasteiger partial charge in [0.2, 0.25) is 0 Å². The second kappa shape index (κ2) is 5.55. The van der Waals surface area contributed by atoms with Crippen molar-refractivity contribution in [2.45, 2.75) is 25.7 Å². The molecule has 0 atom stereocenters. The van der Waals surface area contributed by atoms with E-state index in [1.165, 1.54) is 23.5 Å². The Kier molecular flexibility index (Phi) is 3.75. The summed E-state index contributed by atoms with van der Waals surface area (Å²) < 4.78 is 40.8. The van der Waals surface area contributed by atoms with E-state index in [0.717, 1.165) is 36.3 Å².